The quantitative estimate of drug-likeness (QED) is 0.573. The van der Waals surface area contributed by atoms with Gasteiger partial charge >= 0.3 is 0 Å². The third-order valence-corrected chi connectivity index (χ3v) is 1.75. The Morgan fingerprint density at radius 2 is 2.00 bits per heavy atom. The highest BCUT2D eigenvalue weighted by molar-refractivity contribution is 5.15. The van der Waals surface area contributed by atoms with Crippen molar-refractivity contribution in [3.63, 3.8) is 0 Å². The standard InChI is InChI=1S/C9H11FN2O2/c10-9-3-1-8(2-4-9)7-12(11-14)5-6-13/h1-4,13H,5-7H2. The van der Waals surface area contributed by atoms with Crippen molar-refractivity contribution in [1.82, 2.24) is 5.01 Å². The molecule has 0 fully saturated rings. The summed E-state index contributed by atoms with van der Waals surface area (Å²) in [6.45, 7) is 0.331. The molecule has 1 N–H and O–H groups in total. The summed E-state index contributed by atoms with van der Waals surface area (Å²) < 4.78 is 12.5. The Kier molecular flexibility index (Phi) is 4.00. The van der Waals surface area contributed by atoms with Crippen molar-refractivity contribution in [3.05, 3.63) is 40.6 Å². The van der Waals surface area contributed by atoms with Crippen molar-refractivity contribution in [3.8, 4) is 0 Å². The molecule has 0 bridgehead atoms. The van der Waals surface area contributed by atoms with Gasteiger partial charge in [-0.2, -0.15) is 0 Å². The zero-order chi connectivity index (χ0) is 10.4. The third-order valence-electron chi connectivity index (χ3n) is 1.75. The molecule has 14 heavy (non-hydrogen) atoms. The minimum absolute atomic E-state index is 0.132. The van der Waals surface area contributed by atoms with Crippen LogP contribution in [0.3, 0.4) is 0 Å². The molecule has 0 saturated heterocycles. The first-order valence-electron chi connectivity index (χ1n) is 4.20. The van der Waals surface area contributed by atoms with Gasteiger partial charge in [0.05, 0.1) is 25.0 Å². The summed E-state index contributed by atoms with van der Waals surface area (Å²) in [5.74, 6) is -0.318. The molecule has 0 saturated carbocycles. The van der Waals surface area contributed by atoms with Gasteiger partial charge in [0.15, 0.2) is 0 Å². The molecule has 0 aromatic heterocycles. The average molecular weight is 198 g/mol. The van der Waals surface area contributed by atoms with E-state index < -0.39 is 0 Å². The second kappa shape index (κ2) is 5.29. The number of rotatable bonds is 5. The first-order chi connectivity index (χ1) is 6.76. The van der Waals surface area contributed by atoms with Crippen LogP contribution in [0.25, 0.3) is 0 Å². The lowest BCUT2D eigenvalue weighted by Gasteiger charge is -2.13. The first kappa shape index (κ1) is 10.6. The van der Waals surface area contributed by atoms with Gasteiger partial charge < -0.3 is 5.11 Å². The maximum Gasteiger partial charge on any atom is 0.123 e. The van der Waals surface area contributed by atoms with Crippen molar-refractivity contribution in [2.45, 2.75) is 6.54 Å². The Balaban J connectivity index is 2.57. The summed E-state index contributed by atoms with van der Waals surface area (Å²) in [6.07, 6.45) is 0. The van der Waals surface area contributed by atoms with Crippen molar-refractivity contribution in [1.29, 1.82) is 0 Å². The van der Waals surface area contributed by atoms with E-state index in [0.717, 1.165) is 5.56 Å². The fourth-order valence-corrected chi connectivity index (χ4v) is 1.06. The monoisotopic (exact) mass is 198 g/mol. The van der Waals surface area contributed by atoms with Crippen LogP contribution in [-0.4, -0.2) is 23.3 Å². The van der Waals surface area contributed by atoms with Gasteiger partial charge in [0.1, 0.15) is 5.82 Å². The van der Waals surface area contributed by atoms with Gasteiger partial charge in [0.2, 0.25) is 0 Å². The third kappa shape index (κ3) is 3.10. The maximum atomic E-state index is 12.5. The van der Waals surface area contributed by atoms with Crippen molar-refractivity contribution in [2.24, 2.45) is 5.29 Å². The molecule has 0 aliphatic heterocycles. The summed E-state index contributed by atoms with van der Waals surface area (Å²) >= 11 is 0. The number of aliphatic hydroxyl groups excluding tert-OH is 1. The van der Waals surface area contributed by atoms with E-state index in [1.54, 1.807) is 12.1 Å². The van der Waals surface area contributed by atoms with Gasteiger partial charge in [-0.15, -0.1) is 4.91 Å². The Bertz CT molecular complexity index is 289. The predicted octanol–water partition coefficient (Wildman–Crippen LogP) is 1.30. The fraction of sp³-hybridized carbons (Fsp3) is 0.333. The Labute approximate surface area is 80.9 Å². The molecular weight excluding hydrogens is 187 g/mol. The van der Waals surface area contributed by atoms with E-state index in [1.165, 1.54) is 17.1 Å². The number of halogens is 1. The number of hydrogen-bond donors (Lipinski definition) is 1. The molecule has 0 amide bonds. The van der Waals surface area contributed by atoms with Gasteiger partial charge in [-0.3, -0.25) is 5.01 Å². The zero-order valence-electron chi connectivity index (χ0n) is 7.56. The summed E-state index contributed by atoms with van der Waals surface area (Å²) in [6, 6.07) is 5.78. The molecule has 4 nitrogen and oxygen atoms in total. The minimum atomic E-state index is -0.318. The van der Waals surface area contributed by atoms with Crippen LogP contribution in [0.15, 0.2) is 29.6 Å². The van der Waals surface area contributed by atoms with Gasteiger partial charge in [0, 0.05) is 0 Å². The van der Waals surface area contributed by atoms with Crippen LogP contribution in [0.1, 0.15) is 5.56 Å². The number of hydrogen-bond acceptors (Lipinski definition) is 3. The van der Waals surface area contributed by atoms with Crippen molar-refractivity contribution >= 4 is 0 Å². The topological polar surface area (TPSA) is 52.9 Å². The molecule has 0 aliphatic rings. The second-order valence-electron chi connectivity index (χ2n) is 2.82. The molecule has 0 heterocycles. The van der Waals surface area contributed by atoms with Crippen molar-refractivity contribution < 1.29 is 9.50 Å². The SMILES string of the molecule is O=NN(CCO)Cc1ccc(F)cc1. The van der Waals surface area contributed by atoms with E-state index in [4.69, 9.17) is 5.11 Å². The van der Waals surface area contributed by atoms with Crippen LogP contribution in [0, 0.1) is 10.7 Å². The molecule has 1 rings (SSSR count). The van der Waals surface area contributed by atoms with Crippen LogP contribution in [0.5, 0.6) is 0 Å². The summed E-state index contributed by atoms with van der Waals surface area (Å²) in [5.41, 5.74) is 0.777. The number of nitrogens with zero attached hydrogens (tertiary/aromatic N) is 2. The van der Waals surface area contributed by atoms with E-state index in [9.17, 15) is 9.30 Å². The summed E-state index contributed by atoms with van der Waals surface area (Å²) in [4.78, 5) is 10.3. The van der Waals surface area contributed by atoms with Gasteiger partial charge in [-0.1, -0.05) is 12.1 Å². The fourth-order valence-electron chi connectivity index (χ4n) is 1.06. The lowest BCUT2D eigenvalue weighted by molar-refractivity contribution is 0.193. The molecule has 5 heteroatoms. The number of benzene rings is 1. The van der Waals surface area contributed by atoms with Crippen molar-refractivity contribution in [2.75, 3.05) is 13.2 Å². The molecule has 1 aromatic carbocycles. The maximum absolute atomic E-state index is 12.5. The smallest absolute Gasteiger partial charge is 0.123 e. The second-order valence-corrected chi connectivity index (χ2v) is 2.82. The lowest BCUT2D eigenvalue weighted by Crippen LogP contribution is -2.19. The number of aliphatic hydroxyl groups is 1. The Morgan fingerprint density at radius 3 is 2.50 bits per heavy atom. The van der Waals surface area contributed by atoms with E-state index in [2.05, 4.69) is 5.29 Å². The van der Waals surface area contributed by atoms with E-state index in [-0.39, 0.29) is 25.5 Å². The Hall–Kier alpha value is -1.49. The Morgan fingerprint density at radius 1 is 1.36 bits per heavy atom. The van der Waals surface area contributed by atoms with Crippen LogP contribution in [-0.2, 0) is 6.54 Å². The zero-order valence-corrected chi connectivity index (χ0v) is 7.56. The highest BCUT2D eigenvalue weighted by atomic mass is 19.1. The molecule has 0 aliphatic carbocycles. The summed E-state index contributed by atoms with van der Waals surface area (Å²) in [7, 11) is 0. The van der Waals surface area contributed by atoms with Crippen LogP contribution >= 0.6 is 0 Å². The van der Waals surface area contributed by atoms with Crippen LogP contribution in [0.2, 0.25) is 0 Å². The van der Waals surface area contributed by atoms with Crippen LogP contribution in [0.4, 0.5) is 4.39 Å². The molecule has 0 spiro atoms. The molecule has 0 unspecified atom stereocenters. The predicted molar refractivity (Wildman–Crippen MR) is 49.7 cm³/mol. The van der Waals surface area contributed by atoms with E-state index in [1.807, 2.05) is 0 Å². The summed E-state index contributed by atoms with van der Waals surface area (Å²) in [5, 5.41) is 12.5. The van der Waals surface area contributed by atoms with Gasteiger partial charge in [-0.05, 0) is 17.7 Å². The molecule has 76 valence electrons. The largest absolute Gasteiger partial charge is 0.394 e. The highest BCUT2D eigenvalue weighted by Crippen LogP contribution is 2.06. The molecule has 0 radical (unpaired) electrons. The molecule has 0 atom stereocenters. The minimum Gasteiger partial charge on any atom is -0.394 e. The molecule has 1 aromatic rings. The van der Waals surface area contributed by atoms with E-state index >= 15 is 0 Å². The van der Waals surface area contributed by atoms with E-state index in [0.29, 0.717) is 0 Å². The van der Waals surface area contributed by atoms with Crippen LogP contribution < -0.4 is 0 Å². The average Bonchev–Trinajstić information content (AvgIpc) is 2.20. The lowest BCUT2D eigenvalue weighted by atomic mass is 10.2. The van der Waals surface area contributed by atoms with Gasteiger partial charge in [0.25, 0.3) is 0 Å². The molecular formula is C9H11FN2O2. The first-order valence-corrected chi connectivity index (χ1v) is 4.20. The highest BCUT2D eigenvalue weighted by Gasteiger charge is 2.03. The number of nitroso groups, excluding NO2 is 1. The van der Waals surface area contributed by atoms with Gasteiger partial charge in [-0.25, -0.2) is 4.39 Å². The normalized spacial score (nSPS) is 9.86.